The SMILES string of the molecule is O=C(C1CCCN(c2ncc(Cl)cn2)C1)N1CCCCC1. The summed E-state index contributed by atoms with van der Waals surface area (Å²) in [6.45, 7) is 3.47. The third-order valence-electron chi connectivity index (χ3n) is 4.33. The van der Waals surface area contributed by atoms with Gasteiger partial charge in [0.25, 0.3) is 0 Å². The Kier molecular flexibility index (Phi) is 4.58. The van der Waals surface area contributed by atoms with Crippen LogP contribution in [0.1, 0.15) is 32.1 Å². The zero-order valence-electron chi connectivity index (χ0n) is 12.2. The highest BCUT2D eigenvalue weighted by Gasteiger charge is 2.30. The predicted octanol–water partition coefficient (Wildman–Crippen LogP) is 2.36. The molecular weight excluding hydrogens is 288 g/mol. The van der Waals surface area contributed by atoms with E-state index in [1.165, 1.54) is 6.42 Å². The summed E-state index contributed by atoms with van der Waals surface area (Å²) < 4.78 is 0. The number of halogens is 1. The molecule has 3 heterocycles. The van der Waals surface area contributed by atoms with Gasteiger partial charge in [0.05, 0.1) is 23.3 Å². The van der Waals surface area contributed by atoms with E-state index in [1.807, 2.05) is 4.90 Å². The van der Waals surface area contributed by atoms with Crippen molar-refractivity contribution >= 4 is 23.5 Å². The van der Waals surface area contributed by atoms with E-state index < -0.39 is 0 Å². The lowest BCUT2D eigenvalue weighted by molar-refractivity contribution is -0.136. The maximum Gasteiger partial charge on any atom is 0.227 e. The first-order valence-electron chi connectivity index (χ1n) is 7.75. The topological polar surface area (TPSA) is 49.3 Å². The molecule has 1 amide bonds. The number of nitrogens with zero attached hydrogens (tertiary/aromatic N) is 4. The third-order valence-corrected chi connectivity index (χ3v) is 4.52. The summed E-state index contributed by atoms with van der Waals surface area (Å²) in [5.74, 6) is 1.07. The van der Waals surface area contributed by atoms with E-state index in [4.69, 9.17) is 11.6 Å². The molecule has 114 valence electrons. The maximum absolute atomic E-state index is 12.6. The van der Waals surface area contributed by atoms with Gasteiger partial charge >= 0.3 is 0 Å². The number of carbonyl (C=O) groups is 1. The van der Waals surface area contributed by atoms with Crippen molar-refractivity contribution < 1.29 is 4.79 Å². The second kappa shape index (κ2) is 6.60. The molecule has 2 fully saturated rings. The summed E-state index contributed by atoms with van der Waals surface area (Å²) in [5.41, 5.74) is 0. The van der Waals surface area contributed by atoms with Crippen molar-refractivity contribution in [1.29, 1.82) is 0 Å². The number of hydrogen-bond acceptors (Lipinski definition) is 4. The minimum Gasteiger partial charge on any atom is -0.342 e. The number of carbonyl (C=O) groups excluding carboxylic acids is 1. The predicted molar refractivity (Wildman–Crippen MR) is 82.4 cm³/mol. The lowest BCUT2D eigenvalue weighted by Crippen LogP contribution is -2.46. The molecular formula is C15H21ClN4O. The van der Waals surface area contributed by atoms with Gasteiger partial charge in [-0.1, -0.05) is 11.6 Å². The zero-order valence-corrected chi connectivity index (χ0v) is 12.9. The lowest BCUT2D eigenvalue weighted by atomic mass is 9.95. The molecule has 0 bridgehead atoms. The maximum atomic E-state index is 12.6. The van der Waals surface area contributed by atoms with E-state index in [1.54, 1.807) is 12.4 Å². The molecule has 2 aliphatic rings. The van der Waals surface area contributed by atoms with Crippen LogP contribution >= 0.6 is 11.6 Å². The minimum atomic E-state index is 0.0797. The summed E-state index contributed by atoms with van der Waals surface area (Å²) >= 11 is 5.83. The zero-order chi connectivity index (χ0) is 14.7. The van der Waals surface area contributed by atoms with Crippen molar-refractivity contribution in [1.82, 2.24) is 14.9 Å². The molecule has 0 saturated carbocycles. The van der Waals surface area contributed by atoms with Gasteiger partial charge in [0, 0.05) is 26.2 Å². The number of hydrogen-bond donors (Lipinski definition) is 0. The summed E-state index contributed by atoms with van der Waals surface area (Å²) in [5, 5.41) is 0.539. The Bertz CT molecular complexity index is 487. The molecule has 1 aromatic rings. The van der Waals surface area contributed by atoms with Gasteiger partial charge in [0.15, 0.2) is 0 Å². The Morgan fingerprint density at radius 2 is 1.81 bits per heavy atom. The Balaban J connectivity index is 1.64. The third kappa shape index (κ3) is 3.46. The van der Waals surface area contributed by atoms with Crippen molar-refractivity contribution in [2.45, 2.75) is 32.1 Å². The van der Waals surface area contributed by atoms with Gasteiger partial charge in [-0.05, 0) is 32.1 Å². The van der Waals surface area contributed by atoms with E-state index in [0.29, 0.717) is 16.9 Å². The number of amides is 1. The van der Waals surface area contributed by atoms with E-state index in [-0.39, 0.29) is 5.92 Å². The molecule has 1 unspecified atom stereocenters. The quantitative estimate of drug-likeness (QED) is 0.841. The van der Waals surface area contributed by atoms with Gasteiger partial charge in [-0.15, -0.1) is 0 Å². The Labute approximate surface area is 130 Å². The second-order valence-corrected chi connectivity index (χ2v) is 6.31. The molecule has 21 heavy (non-hydrogen) atoms. The smallest absolute Gasteiger partial charge is 0.227 e. The molecule has 2 aliphatic heterocycles. The number of aromatic nitrogens is 2. The highest BCUT2D eigenvalue weighted by molar-refractivity contribution is 6.30. The molecule has 3 rings (SSSR count). The van der Waals surface area contributed by atoms with Gasteiger partial charge < -0.3 is 9.80 Å². The Morgan fingerprint density at radius 1 is 1.10 bits per heavy atom. The fraction of sp³-hybridized carbons (Fsp3) is 0.667. The molecule has 6 heteroatoms. The van der Waals surface area contributed by atoms with Crippen LogP contribution in [0, 0.1) is 5.92 Å². The molecule has 1 aromatic heterocycles. The van der Waals surface area contributed by atoms with Gasteiger partial charge in [0.2, 0.25) is 11.9 Å². The molecule has 5 nitrogen and oxygen atoms in total. The standard InChI is InChI=1S/C15H21ClN4O/c16-13-9-17-15(18-10-13)20-8-4-5-12(11-20)14(21)19-6-2-1-3-7-19/h9-10,12H,1-8,11H2. The number of rotatable bonds is 2. The number of likely N-dealkylation sites (tertiary alicyclic amines) is 1. The highest BCUT2D eigenvalue weighted by atomic mass is 35.5. The van der Waals surface area contributed by atoms with Crippen LogP contribution in [0.4, 0.5) is 5.95 Å². The van der Waals surface area contributed by atoms with Gasteiger partial charge in [-0.25, -0.2) is 9.97 Å². The van der Waals surface area contributed by atoms with Crippen LogP contribution in [-0.2, 0) is 4.79 Å². The average Bonchev–Trinajstić information content (AvgIpc) is 2.56. The molecule has 0 aliphatic carbocycles. The largest absolute Gasteiger partial charge is 0.342 e. The lowest BCUT2D eigenvalue weighted by Gasteiger charge is -2.36. The normalized spacial score (nSPS) is 23.2. The second-order valence-electron chi connectivity index (χ2n) is 5.87. The number of anilines is 1. The van der Waals surface area contributed by atoms with Crippen molar-refractivity contribution in [2.24, 2.45) is 5.92 Å². The highest BCUT2D eigenvalue weighted by Crippen LogP contribution is 2.23. The van der Waals surface area contributed by atoms with E-state index in [0.717, 1.165) is 51.9 Å². The van der Waals surface area contributed by atoms with Crippen LogP contribution < -0.4 is 4.90 Å². The van der Waals surface area contributed by atoms with Crippen molar-refractivity contribution in [2.75, 3.05) is 31.1 Å². The van der Waals surface area contributed by atoms with Crippen molar-refractivity contribution in [3.63, 3.8) is 0 Å². The van der Waals surface area contributed by atoms with Crippen LogP contribution in [0.5, 0.6) is 0 Å². The molecule has 0 radical (unpaired) electrons. The van der Waals surface area contributed by atoms with Gasteiger partial charge in [0.1, 0.15) is 0 Å². The number of piperidine rings is 2. The average molecular weight is 309 g/mol. The molecule has 0 N–H and O–H groups in total. The summed E-state index contributed by atoms with van der Waals surface area (Å²) in [6, 6.07) is 0. The van der Waals surface area contributed by atoms with E-state index >= 15 is 0 Å². The van der Waals surface area contributed by atoms with Gasteiger partial charge in [-0.2, -0.15) is 0 Å². The first-order chi connectivity index (χ1) is 10.2. The Morgan fingerprint density at radius 3 is 2.52 bits per heavy atom. The van der Waals surface area contributed by atoms with Crippen LogP contribution in [0.25, 0.3) is 0 Å². The fourth-order valence-electron chi connectivity index (χ4n) is 3.20. The van der Waals surface area contributed by atoms with Crippen LogP contribution in [0.2, 0.25) is 5.02 Å². The first-order valence-corrected chi connectivity index (χ1v) is 8.13. The Hall–Kier alpha value is -1.36. The molecule has 0 aromatic carbocycles. The van der Waals surface area contributed by atoms with Crippen LogP contribution in [0.3, 0.4) is 0 Å². The minimum absolute atomic E-state index is 0.0797. The fourth-order valence-corrected chi connectivity index (χ4v) is 3.30. The molecule has 1 atom stereocenters. The summed E-state index contributed by atoms with van der Waals surface area (Å²) in [7, 11) is 0. The summed E-state index contributed by atoms with van der Waals surface area (Å²) in [6.07, 6.45) is 8.74. The van der Waals surface area contributed by atoms with E-state index in [2.05, 4.69) is 14.9 Å². The van der Waals surface area contributed by atoms with Gasteiger partial charge in [-0.3, -0.25) is 4.79 Å². The van der Waals surface area contributed by atoms with Crippen LogP contribution in [0.15, 0.2) is 12.4 Å². The monoisotopic (exact) mass is 308 g/mol. The van der Waals surface area contributed by atoms with E-state index in [9.17, 15) is 4.79 Å². The molecule has 0 spiro atoms. The summed E-state index contributed by atoms with van der Waals surface area (Å²) in [4.78, 5) is 25.3. The van der Waals surface area contributed by atoms with Crippen molar-refractivity contribution in [3.8, 4) is 0 Å². The van der Waals surface area contributed by atoms with Crippen LogP contribution in [-0.4, -0.2) is 47.0 Å². The van der Waals surface area contributed by atoms with Crippen molar-refractivity contribution in [3.05, 3.63) is 17.4 Å². The molecule has 2 saturated heterocycles. The first kappa shape index (κ1) is 14.6.